The molecule has 1 aliphatic carbocycles. The summed E-state index contributed by atoms with van der Waals surface area (Å²) in [5, 5.41) is 14.3. The van der Waals surface area contributed by atoms with Gasteiger partial charge in [-0.05, 0) is 37.8 Å². The first kappa shape index (κ1) is 15.7. The molecule has 1 aromatic rings. The number of nitrogens with one attached hydrogen (secondary N) is 2. The number of urea groups is 1. The molecule has 0 aromatic heterocycles. The molecule has 0 unspecified atom stereocenters. The maximum absolute atomic E-state index is 13.6. The molecule has 1 aromatic carbocycles. The molecule has 0 saturated heterocycles. The molecule has 2 amide bonds. The highest BCUT2D eigenvalue weighted by Gasteiger charge is 2.41. The fourth-order valence-corrected chi connectivity index (χ4v) is 2.40. The summed E-state index contributed by atoms with van der Waals surface area (Å²) < 4.78 is 26.5. The highest BCUT2D eigenvalue weighted by molar-refractivity contribution is 5.75. The Balaban J connectivity index is 1.80. The lowest BCUT2D eigenvalue weighted by molar-refractivity contribution is 0.233. The van der Waals surface area contributed by atoms with Gasteiger partial charge >= 0.3 is 6.03 Å². The van der Waals surface area contributed by atoms with Crippen LogP contribution in [-0.2, 0) is 0 Å². The molecule has 116 valence electrons. The van der Waals surface area contributed by atoms with Crippen LogP contribution in [0.3, 0.4) is 0 Å². The second kappa shape index (κ2) is 6.85. The van der Waals surface area contributed by atoms with Gasteiger partial charge in [0.05, 0.1) is 0 Å². The molecule has 4 nitrogen and oxygen atoms in total. The minimum atomic E-state index is -0.600. The topological polar surface area (TPSA) is 61.4 Å². The first-order valence-corrected chi connectivity index (χ1v) is 7.14. The molecule has 0 bridgehead atoms. The maximum atomic E-state index is 13.6. The molecule has 1 saturated carbocycles. The van der Waals surface area contributed by atoms with Gasteiger partial charge in [-0.2, -0.15) is 0 Å². The molecule has 21 heavy (non-hydrogen) atoms. The molecule has 0 aliphatic heterocycles. The van der Waals surface area contributed by atoms with Crippen molar-refractivity contribution in [2.75, 3.05) is 6.61 Å². The zero-order chi connectivity index (χ0) is 15.4. The van der Waals surface area contributed by atoms with Gasteiger partial charge in [-0.15, -0.1) is 0 Å². The Labute approximate surface area is 122 Å². The Bertz CT molecular complexity index is 510. The van der Waals surface area contributed by atoms with Gasteiger partial charge < -0.3 is 15.7 Å². The van der Waals surface area contributed by atoms with Crippen LogP contribution in [0.15, 0.2) is 18.2 Å². The van der Waals surface area contributed by atoms with Gasteiger partial charge in [-0.3, -0.25) is 0 Å². The molecular formula is C15H20F2N2O2. The van der Waals surface area contributed by atoms with E-state index in [1.54, 1.807) is 0 Å². The molecule has 1 aliphatic rings. The Hall–Kier alpha value is -1.69. The summed E-state index contributed by atoms with van der Waals surface area (Å²) in [6.45, 7) is 1.96. The Morgan fingerprint density at radius 2 is 2.24 bits per heavy atom. The first-order chi connectivity index (χ1) is 10.0. The Kier molecular flexibility index (Phi) is 5.12. The zero-order valence-corrected chi connectivity index (χ0v) is 11.9. The third kappa shape index (κ3) is 4.39. The van der Waals surface area contributed by atoms with E-state index in [4.69, 9.17) is 5.11 Å². The molecule has 3 N–H and O–H groups in total. The fraction of sp³-hybridized carbons (Fsp3) is 0.533. The first-order valence-electron chi connectivity index (χ1n) is 7.14. The monoisotopic (exact) mass is 298 g/mol. The van der Waals surface area contributed by atoms with Gasteiger partial charge in [-0.25, -0.2) is 13.6 Å². The quantitative estimate of drug-likeness (QED) is 0.754. The van der Waals surface area contributed by atoms with Crippen LogP contribution >= 0.6 is 0 Å². The van der Waals surface area contributed by atoms with E-state index in [1.165, 1.54) is 12.1 Å². The van der Waals surface area contributed by atoms with Crippen LogP contribution in [0.2, 0.25) is 0 Å². The van der Waals surface area contributed by atoms with Gasteiger partial charge in [0.15, 0.2) is 0 Å². The number of benzene rings is 1. The predicted molar refractivity (Wildman–Crippen MR) is 75.0 cm³/mol. The van der Waals surface area contributed by atoms with Crippen LogP contribution in [0.25, 0.3) is 0 Å². The zero-order valence-electron chi connectivity index (χ0n) is 11.9. The Morgan fingerprint density at radius 3 is 2.90 bits per heavy atom. The summed E-state index contributed by atoms with van der Waals surface area (Å²) in [5.41, 5.74) is 0.440. The average molecular weight is 298 g/mol. The number of halogens is 2. The molecule has 0 heterocycles. The van der Waals surface area contributed by atoms with Crippen LogP contribution in [0.5, 0.6) is 0 Å². The van der Waals surface area contributed by atoms with Crippen molar-refractivity contribution >= 4 is 6.03 Å². The summed E-state index contributed by atoms with van der Waals surface area (Å²) in [6, 6.07) is 3.08. The van der Waals surface area contributed by atoms with Gasteiger partial charge in [0.25, 0.3) is 0 Å². The lowest BCUT2D eigenvalue weighted by Crippen LogP contribution is -2.42. The smallest absolute Gasteiger partial charge is 0.315 e. The SMILES string of the molecule is C[C@H](CCCO)NC(=O)N[C@H]1C[C@@H]1c1ccc(F)cc1F. The summed E-state index contributed by atoms with van der Waals surface area (Å²) in [6.07, 6.45) is 1.99. The highest BCUT2D eigenvalue weighted by Crippen LogP contribution is 2.41. The van der Waals surface area contributed by atoms with Crippen molar-refractivity contribution < 1.29 is 18.7 Å². The largest absolute Gasteiger partial charge is 0.396 e. The molecule has 0 spiro atoms. The van der Waals surface area contributed by atoms with Gasteiger partial charge in [0.1, 0.15) is 11.6 Å². The predicted octanol–water partition coefficient (Wildman–Crippen LogP) is 2.28. The third-order valence-corrected chi connectivity index (χ3v) is 3.64. The molecule has 1 fully saturated rings. The van der Waals surface area contributed by atoms with Crippen LogP contribution in [-0.4, -0.2) is 29.8 Å². The lowest BCUT2D eigenvalue weighted by atomic mass is 10.1. The van der Waals surface area contributed by atoms with Gasteiger partial charge in [0, 0.05) is 30.7 Å². The lowest BCUT2D eigenvalue weighted by Gasteiger charge is -2.14. The second-order valence-corrected chi connectivity index (χ2v) is 5.50. The van der Waals surface area contributed by atoms with Crippen LogP contribution in [0.4, 0.5) is 13.6 Å². The van der Waals surface area contributed by atoms with Crippen LogP contribution in [0.1, 0.15) is 37.7 Å². The van der Waals surface area contributed by atoms with Crippen molar-refractivity contribution in [2.24, 2.45) is 0 Å². The van der Waals surface area contributed by atoms with Crippen molar-refractivity contribution in [3.05, 3.63) is 35.4 Å². The molecule has 6 heteroatoms. The van der Waals surface area contributed by atoms with E-state index < -0.39 is 11.6 Å². The average Bonchev–Trinajstić information content (AvgIpc) is 3.15. The van der Waals surface area contributed by atoms with Crippen molar-refractivity contribution in [3.63, 3.8) is 0 Å². The summed E-state index contributed by atoms with van der Waals surface area (Å²) in [7, 11) is 0. The minimum Gasteiger partial charge on any atom is -0.396 e. The van der Waals surface area contributed by atoms with E-state index in [2.05, 4.69) is 10.6 Å². The van der Waals surface area contributed by atoms with E-state index in [0.29, 0.717) is 24.8 Å². The summed E-state index contributed by atoms with van der Waals surface area (Å²) in [4.78, 5) is 11.7. The number of hydrogen-bond acceptors (Lipinski definition) is 2. The van der Waals surface area contributed by atoms with Crippen LogP contribution in [0, 0.1) is 11.6 Å². The standard InChI is InChI=1S/C15H20F2N2O2/c1-9(3-2-6-20)18-15(21)19-14-8-12(14)11-5-4-10(16)7-13(11)17/h4-5,7,9,12,14,20H,2-3,6,8H2,1H3,(H2,18,19,21)/t9-,12-,14+/m1/s1. The van der Waals surface area contributed by atoms with Crippen molar-refractivity contribution in [1.82, 2.24) is 10.6 Å². The van der Waals surface area contributed by atoms with Crippen LogP contribution < -0.4 is 10.6 Å². The Morgan fingerprint density at radius 1 is 1.48 bits per heavy atom. The van der Waals surface area contributed by atoms with Gasteiger partial charge in [0.2, 0.25) is 0 Å². The van der Waals surface area contributed by atoms with E-state index in [0.717, 1.165) is 6.07 Å². The van der Waals surface area contributed by atoms with E-state index in [-0.39, 0.29) is 30.6 Å². The van der Waals surface area contributed by atoms with Crippen molar-refractivity contribution in [1.29, 1.82) is 0 Å². The highest BCUT2D eigenvalue weighted by atomic mass is 19.1. The second-order valence-electron chi connectivity index (χ2n) is 5.50. The molecule has 0 radical (unpaired) electrons. The molecule has 2 rings (SSSR count). The van der Waals surface area contributed by atoms with Gasteiger partial charge in [-0.1, -0.05) is 6.07 Å². The number of aliphatic hydroxyl groups excluding tert-OH is 1. The molecule has 3 atom stereocenters. The number of carbonyl (C=O) groups is 1. The molecular weight excluding hydrogens is 278 g/mol. The van der Waals surface area contributed by atoms with E-state index >= 15 is 0 Å². The summed E-state index contributed by atoms with van der Waals surface area (Å²) >= 11 is 0. The van der Waals surface area contributed by atoms with E-state index in [9.17, 15) is 13.6 Å². The minimum absolute atomic E-state index is 0.0306. The summed E-state index contributed by atoms with van der Waals surface area (Å²) in [5.74, 6) is -1.26. The number of aliphatic hydroxyl groups is 1. The normalized spacial score (nSPS) is 21.7. The number of carbonyl (C=O) groups excluding carboxylic acids is 1. The number of rotatable bonds is 6. The van der Waals surface area contributed by atoms with Crippen molar-refractivity contribution in [2.45, 2.75) is 44.2 Å². The van der Waals surface area contributed by atoms with Crippen molar-refractivity contribution in [3.8, 4) is 0 Å². The third-order valence-electron chi connectivity index (χ3n) is 3.64. The fourth-order valence-electron chi connectivity index (χ4n) is 2.40. The number of amides is 2. The van der Waals surface area contributed by atoms with E-state index in [1.807, 2.05) is 6.92 Å². The number of hydrogen-bond donors (Lipinski definition) is 3. The maximum Gasteiger partial charge on any atom is 0.315 e.